The maximum absolute atomic E-state index is 14.2. The molecule has 0 spiro atoms. The van der Waals surface area contributed by atoms with Crippen LogP contribution >= 0.6 is 0 Å². The Kier molecular flexibility index (Phi) is 3.53. The average Bonchev–Trinajstić information content (AvgIpc) is 2.48. The summed E-state index contributed by atoms with van der Waals surface area (Å²) in [7, 11) is 0. The van der Waals surface area contributed by atoms with Crippen molar-refractivity contribution in [1.29, 1.82) is 0 Å². The third kappa shape index (κ3) is 2.70. The van der Waals surface area contributed by atoms with Crippen molar-refractivity contribution in [2.75, 3.05) is 0 Å². The predicted molar refractivity (Wildman–Crippen MR) is 82.0 cm³/mol. The molecule has 21 heavy (non-hydrogen) atoms. The van der Waals surface area contributed by atoms with E-state index in [9.17, 15) is 8.78 Å². The van der Waals surface area contributed by atoms with E-state index in [4.69, 9.17) is 0 Å². The first kappa shape index (κ1) is 13.5. The Hall–Kier alpha value is -2.48. The first-order valence-electron chi connectivity index (χ1n) is 6.76. The van der Waals surface area contributed by atoms with E-state index < -0.39 is 0 Å². The molecule has 0 nitrogen and oxygen atoms in total. The second-order valence-corrected chi connectivity index (χ2v) is 5.04. The van der Waals surface area contributed by atoms with E-state index in [1.165, 1.54) is 18.2 Å². The van der Waals surface area contributed by atoms with Crippen LogP contribution in [0.4, 0.5) is 8.78 Å². The molecule has 0 amide bonds. The summed E-state index contributed by atoms with van der Waals surface area (Å²) in [5, 5.41) is 0. The summed E-state index contributed by atoms with van der Waals surface area (Å²) in [5.41, 5.74) is 3.58. The van der Waals surface area contributed by atoms with Crippen LogP contribution in [0, 0.1) is 18.6 Å². The molecule has 0 heterocycles. The van der Waals surface area contributed by atoms with Crippen LogP contribution in [0.1, 0.15) is 5.56 Å². The summed E-state index contributed by atoms with van der Waals surface area (Å²) in [6.45, 7) is 1.83. The van der Waals surface area contributed by atoms with Crippen LogP contribution in [0.25, 0.3) is 22.3 Å². The maximum Gasteiger partial charge on any atom is 0.131 e. The van der Waals surface area contributed by atoms with E-state index >= 15 is 0 Å². The van der Waals surface area contributed by atoms with Crippen LogP contribution in [0.2, 0.25) is 0 Å². The molecule has 3 aromatic rings. The number of hydrogen-bond donors (Lipinski definition) is 0. The summed E-state index contributed by atoms with van der Waals surface area (Å²) in [4.78, 5) is 0. The minimum absolute atomic E-state index is 0.335. The zero-order valence-electron chi connectivity index (χ0n) is 11.6. The van der Waals surface area contributed by atoms with Crippen LogP contribution < -0.4 is 0 Å². The molecular weight excluding hydrogens is 266 g/mol. The molecule has 0 fully saturated rings. The molecule has 0 N–H and O–H groups in total. The quantitative estimate of drug-likeness (QED) is 0.572. The number of halogens is 2. The second-order valence-electron chi connectivity index (χ2n) is 5.04. The molecule has 0 aromatic heterocycles. The van der Waals surface area contributed by atoms with Crippen LogP contribution in [0.3, 0.4) is 0 Å². The van der Waals surface area contributed by atoms with Gasteiger partial charge in [0.15, 0.2) is 0 Å². The summed E-state index contributed by atoms with van der Waals surface area (Å²) < 4.78 is 27.9. The molecular formula is C19H14F2. The number of rotatable bonds is 2. The normalized spacial score (nSPS) is 10.6. The highest BCUT2D eigenvalue weighted by Crippen LogP contribution is 2.34. The van der Waals surface area contributed by atoms with Crippen molar-refractivity contribution >= 4 is 0 Å². The topological polar surface area (TPSA) is 0 Å². The van der Waals surface area contributed by atoms with Gasteiger partial charge in [-0.2, -0.15) is 0 Å². The van der Waals surface area contributed by atoms with Crippen LogP contribution in [0.15, 0.2) is 66.7 Å². The Balaban J connectivity index is 2.24. The second kappa shape index (κ2) is 5.49. The molecule has 0 aliphatic carbocycles. The molecule has 0 atom stereocenters. The van der Waals surface area contributed by atoms with Crippen LogP contribution in [-0.2, 0) is 0 Å². The van der Waals surface area contributed by atoms with Gasteiger partial charge in [-0.15, -0.1) is 0 Å². The van der Waals surface area contributed by atoms with Crippen LogP contribution in [-0.4, -0.2) is 0 Å². The van der Waals surface area contributed by atoms with Gasteiger partial charge in [-0.25, -0.2) is 8.78 Å². The number of benzene rings is 3. The first-order valence-corrected chi connectivity index (χ1v) is 6.76. The SMILES string of the molecule is Cc1ccc(-c2cc(F)ccc2-c2ccccc2)c(F)c1. The lowest BCUT2D eigenvalue weighted by molar-refractivity contribution is 0.624. The van der Waals surface area contributed by atoms with Gasteiger partial charge in [-0.05, 0) is 47.4 Å². The van der Waals surface area contributed by atoms with Crippen LogP contribution in [0.5, 0.6) is 0 Å². The molecule has 104 valence electrons. The highest BCUT2D eigenvalue weighted by molar-refractivity contribution is 5.83. The molecule has 0 radical (unpaired) electrons. The molecule has 2 heteroatoms. The Morgan fingerprint density at radius 2 is 1.38 bits per heavy atom. The van der Waals surface area contributed by atoms with Gasteiger partial charge in [0.25, 0.3) is 0 Å². The van der Waals surface area contributed by atoms with Gasteiger partial charge in [-0.1, -0.05) is 48.5 Å². The van der Waals surface area contributed by atoms with Crippen molar-refractivity contribution < 1.29 is 8.78 Å². The summed E-state index contributed by atoms with van der Waals surface area (Å²) >= 11 is 0. The van der Waals surface area contributed by atoms with Crippen molar-refractivity contribution in [2.24, 2.45) is 0 Å². The maximum atomic E-state index is 14.2. The monoisotopic (exact) mass is 280 g/mol. The third-order valence-corrected chi connectivity index (χ3v) is 3.48. The zero-order valence-corrected chi connectivity index (χ0v) is 11.6. The van der Waals surface area contributed by atoms with Gasteiger partial charge < -0.3 is 0 Å². The van der Waals surface area contributed by atoms with Gasteiger partial charge >= 0.3 is 0 Å². The van der Waals surface area contributed by atoms with Crippen molar-refractivity contribution in [3.8, 4) is 22.3 Å². The molecule has 0 saturated carbocycles. The van der Waals surface area contributed by atoms with Crippen molar-refractivity contribution in [3.05, 3.63) is 83.9 Å². The minimum Gasteiger partial charge on any atom is -0.207 e. The summed E-state index contributed by atoms with van der Waals surface area (Å²) in [6.07, 6.45) is 0. The van der Waals surface area contributed by atoms with Gasteiger partial charge in [0, 0.05) is 5.56 Å². The fourth-order valence-corrected chi connectivity index (χ4v) is 2.45. The summed E-state index contributed by atoms with van der Waals surface area (Å²) in [6, 6.07) is 19.1. The molecule has 0 aliphatic rings. The average molecular weight is 280 g/mol. The molecule has 3 aromatic carbocycles. The lowest BCUT2D eigenvalue weighted by atomic mass is 9.93. The van der Waals surface area contributed by atoms with Crippen molar-refractivity contribution in [3.63, 3.8) is 0 Å². The lowest BCUT2D eigenvalue weighted by Crippen LogP contribution is -1.91. The fourth-order valence-electron chi connectivity index (χ4n) is 2.45. The van der Waals surface area contributed by atoms with Gasteiger partial charge in [0.1, 0.15) is 11.6 Å². The first-order chi connectivity index (χ1) is 10.1. The highest BCUT2D eigenvalue weighted by atomic mass is 19.1. The number of aryl methyl sites for hydroxylation is 1. The molecule has 0 aliphatic heterocycles. The van der Waals surface area contributed by atoms with Gasteiger partial charge in [-0.3, -0.25) is 0 Å². The van der Waals surface area contributed by atoms with Gasteiger partial charge in [0.05, 0.1) is 0 Å². The van der Waals surface area contributed by atoms with E-state index in [0.29, 0.717) is 11.1 Å². The lowest BCUT2D eigenvalue weighted by Gasteiger charge is -2.12. The van der Waals surface area contributed by atoms with Gasteiger partial charge in [0.2, 0.25) is 0 Å². The third-order valence-electron chi connectivity index (χ3n) is 3.48. The Labute approximate surface area is 122 Å². The van der Waals surface area contributed by atoms with E-state index in [1.54, 1.807) is 12.1 Å². The predicted octanol–water partition coefficient (Wildman–Crippen LogP) is 5.61. The van der Waals surface area contributed by atoms with Crippen molar-refractivity contribution in [1.82, 2.24) is 0 Å². The molecule has 3 rings (SSSR count). The smallest absolute Gasteiger partial charge is 0.131 e. The molecule has 0 bridgehead atoms. The molecule has 0 unspecified atom stereocenters. The highest BCUT2D eigenvalue weighted by Gasteiger charge is 2.12. The van der Waals surface area contributed by atoms with E-state index in [0.717, 1.165) is 16.7 Å². The summed E-state index contributed by atoms with van der Waals surface area (Å²) in [5.74, 6) is -0.706. The standard InChI is InChI=1S/C19H14F2/c1-13-7-9-17(19(21)11-13)18-12-15(20)8-10-16(18)14-5-3-2-4-6-14/h2-12H,1H3. The Morgan fingerprint density at radius 1 is 0.667 bits per heavy atom. The van der Waals surface area contributed by atoms with E-state index in [1.807, 2.05) is 43.3 Å². The zero-order chi connectivity index (χ0) is 14.8. The Bertz CT molecular complexity index is 777. The van der Waals surface area contributed by atoms with Crippen molar-refractivity contribution in [2.45, 2.75) is 6.92 Å². The number of hydrogen-bond acceptors (Lipinski definition) is 0. The Morgan fingerprint density at radius 3 is 2.10 bits per heavy atom. The minimum atomic E-state index is -0.371. The largest absolute Gasteiger partial charge is 0.207 e. The van der Waals surface area contributed by atoms with E-state index in [2.05, 4.69) is 0 Å². The van der Waals surface area contributed by atoms with E-state index in [-0.39, 0.29) is 11.6 Å². The fraction of sp³-hybridized carbons (Fsp3) is 0.0526. The molecule has 0 saturated heterocycles.